The minimum absolute atomic E-state index is 0.733. The van der Waals surface area contributed by atoms with E-state index in [1.165, 1.54) is 6.42 Å². The minimum Gasteiger partial charge on any atom is -0.249 e. The first-order chi connectivity index (χ1) is 4.18. The lowest BCUT2D eigenvalue weighted by molar-refractivity contribution is -0.936. The first-order valence-electron chi connectivity index (χ1n) is 3.83. The van der Waals surface area contributed by atoms with Crippen molar-refractivity contribution in [2.75, 3.05) is 19.6 Å². The number of hydrogen-bond donors (Lipinski definition) is 1. The van der Waals surface area contributed by atoms with Gasteiger partial charge in [-0.15, -0.1) is 0 Å². The Hall–Kier alpha value is -0.0800. The van der Waals surface area contributed by atoms with Crippen LogP contribution in [0.1, 0.15) is 27.2 Å². The maximum Gasteiger partial charge on any atom is 0.0957 e. The van der Waals surface area contributed by atoms with E-state index in [4.69, 9.17) is 5.84 Å². The van der Waals surface area contributed by atoms with Crippen molar-refractivity contribution in [2.24, 2.45) is 5.84 Å². The first kappa shape index (κ1) is 8.92. The van der Waals surface area contributed by atoms with Crippen molar-refractivity contribution in [3.05, 3.63) is 0 Å². The van der Waals surface area contributed by atoms with Gasteiger partial charge in [0.25, 0.3) is 0 Å². The topological polar surface area (TPSA) is 26.0 Å². The highest BCUT2D eigenvalue weighted by atomic mass is 15.6. The molecule has 2 N–H and O–H groups in total. The summed E-state index contributed by atoms with van der Waals surface area (Å²) >= 11 is 0. The van der Waals surface area contributed by atoms with Gasteiger partial charge in [-0.25, -0.2) is 4.59 Å². The van der Waals surface area contributed by atoms with E-state index in [1.54, 1.807) is 0 Å². The summed E-state index contributed by atoms with van der Waals surface area (Å²) in [6, 6.07) is 0. The van der Waals surface area contributed by atoms with E-state index in [9.17, 15) is 0 Å². The molecule has 0 fully saturated rings. The highest BCUT2D eigenvalue weighted by molar-refractivity contribution is 4.28. The normalized spacial score (nSPS) is 12.0. The first-order valence-corrected chi connectivity index (χ1v) is 3.83. The van der Waals surface area contributed by atoms with Crippen LogP contribution in [0, 0.1) is 0 Å². The summed E-state index contributed by atoms with van der Waals surface area (Å²) in [6.07, 6.45) is 1.18. The Bertz CT molecular complexity index is 67.3. The molecule has 0 amide bonds. The summed E-state index contributed by atoms with van der Waals surface area (Å²) in [5, 5.41) is 0. The maximum absolute atomic E-state index is 5.94. The second-order valence-corrected chi connectivity index (χ2v) is 2.57. The van der Waals surface area contributed by atoms with Gasteiger partial charge in [-0.05, 0) is 20.3 Å². The number of quaternary nitrogens is 1. The monoisotopic (exact) mass is 131 g/mol. The average molecular weight is 131 g/mol. The fourth-order valence-corrected chi connectivity index (χ4v) is 0.985. The van der Waals surface area contributed by atoms with Crippen LogP contribution in [-0.2, 0) is 0 Å². The molecule has 56 valence electrons. The average Bonchev–Trinajstić information content (AvgIpc) is 1.89. The molecule has 0 aliphatic carbocycles. The molecule has 0 atom stereocenters. The lowest BCUT2D eigenvalue weighted by Gasteiger charge is -2.29. The number of hydrogen-bond acceptors (Lipinski definition) is 1. The molecule has 0 aliphatic rings. The highest BCUT2D eigenvalue weighted by Gasteiger charge is 2.14. The summed E-state index contributed by atoms with van der Waals surface area (Å²) in [4.78, 5) is 0. The van der Waals surface area contributed by atoms with Gasteiger partial charge < -0.3 is 0 Å². The molecule has 0 heterocycles. The SMILES string of the molecule is CCC[N+](N)(CC)CC. The van der Waals surface area contributed by atoms with E-state index in [-0.39, 0.29) is 0 Å². The third-order valence-electron chi connectivity index (χ3n) is 1.93. The van der Waals surface area contributed by atoms with E-state index in [1.807, 2.05) is 0 Å². The Kier molecular flexibility index (Phi) is 3.82. The predicted molar refractivity (Wildman–Crippen MR) is 40.7 cm³/mol. The smallest absolute Gasteiger partial charge is 0.0957 e. The van der Waals surface area contributed by atoms with Crippen LogP contribution in [0.3, 0.4) is 0 Å². The van der Waals surface area contributed by atoms with Gasteiger partial charge in [0.15, 0.2) is 0 Å². The molecule has 2 heteroatoms. The molecule has 9 heavy (non-hydrogen) atoms. The molecule has 0 saturated heterocycles. The summed E-state index contributed by atoms with van der Waals surface area (Å²) in [6.45, 7) is 9.64. The van der Waals surface area contributed by atoms with Gasteiger partial charge in [-0.2, -0.15) is 5.84 Å². The molecule has 0 aromatic rings. The quantitative estimate of drug-likeness (QED) is 0.345. The van der Waals surface area contributed by atoms with Crippen molar-refractivity contribution >= 4 is 0 Å². The second-order valence-electron chi connectivity index (χ2n) is 2.57. The van der Waals surface area contributed by atoms with Gasteiger partial charge >= 0.3 is 0 Å². The standard InChI is InChI=1S/C7H19N2/c1-4-7-9(8,5-2)6-3/h4-8H2,1-3H3/q+1. The van der Waals surface area contributed by atoms with Crippen LogP contribution in [0.4, 0.5) is 0 Å². The van der Waals surface area contributed by atoms with Gasteiger partial charge in [-0.1, -0.05) is 6.92 Å². The van der Waals surface area contributed by atoms with Crippen LogP contribution in [0.5, 0.6) is 0 Å². The molecule has 0 bridgehead atoms. The lowest BCUT2D eigenvalue weighted by atomic mass is 10.4. The number of rotatable bonds is 4. The van der Waals surface area contributed by atoms with Crippen LogP contribution < -0.4 is 5.84 Å². The molecule has 0 unspecified atom stereocenters. The molecule has 0 spiro atoms. The van der Waals surface area contributed by atoms with Crippen LogP contribution in [0.15, 0.2) is 0 Å². The van der Waals surface area contributed by atoms with E-state index in [0.29, 0.717) is 0 Å². The fraction of sp³-hybridized carbons (Fsp3) is 1.00. The third-order valence-corrected chi connectivity index (χ3v) is 1.93. The highest BCUT2D eigenvalue weighted by Crippen LogP contribution is 1.97. The molecule has 0 saturated carbocycles. The Labute approximate surface area is 58.2 Å². The van der Waals surface area contributed by atoms with E-state index in [0.717, 1.165) is 24.2 Å². The van der Waals surface area contributed by atoms with Crippen molar-refractivity contribution in [1.82, 2.24) is 0 Å². The van der Waals surface area contributed by atoms with Crippen LogP contribution in [-0.4, -0.2) is 24.2 Å². The Morgan fingerprint density at radius 1 is 1.11 bits per heavy atom. The molecule has 0 aromatic heterocycles. The van der Waals surface area contributed by atoms with E-state index in [2.05, 4.69) is 20.8 Å². The maximum atomic E-state index is 5.94. The van der Waals surface area contributed by atoms with Gasteiger partial charge in [0.05, 0.1) is 19.6 Å². The van der Waals surface area contributed by atoms with Crippen LogP contribution in [0.25, 0.3) is 0 Å². The number of nitrogens with zero attached hydrogens (tertiary/aromatic N) is 1. The molecule has 0 radical (unpaired) electrons. The van der Waals surface area contributed by atoms with Gasteiger partial charge in [-0.3, -0.25) is 0 Å². The third kappa shape index (κ3) is 2.82. The number of nitrogens with two attached hydrogens (primary N) is 1. The van der Waals surface area contributed by atoms with E-state index >= 15 is 0 Å². The largest absolute Gasteiger partial charge is 0.249 e. The van der Waals surface area contributed by atoms with Crippen molar-refractivity contribution in [3.63, 3.8) is 0 Å². The fourth-order valence-electron chi connectivity index (χ4n) is 0.985. The summed E-state index contributed by atoms with van der Waals surface area (Å²) < 4.78 is 0.733. The van der Waals surface area contributed by atoms with Gasteiger partial charge in [0, 0.05) is 0 Å². The zero-order chi connectivity index (χ0) is 7.33. The molecule has 0 aromatic carbocycles. The Morgan fingerprint density at radius 2 is 1.56 bits per heavy atom. The zero-order valence-electron chi connectivity index (χ0n) is 6.85. The predicted octanol–water partition coefficient (Wildman–Crippen LogP) is 1.13. The summed E-state index contributed by atoms with van der Waals surface area (Å²) in [7, 11) is 0. The van der Waals surface area contributed by atoms with Crippen molar-refractivity contribution in [1.29, 1.82) is 0 Å². The molecule has 2 nitrogen and oxygen atoms in total. The summed E-state index contributed by atoms with van der Waals surface area (Å²) in [5.74, 6) is 5.94. The van der Waals surface area contributed by atoms with Gasteiger partial charge in [0.2, 0.25) is 0 Å². The molecule has 0 rings (SSSR count). The Morgan fingerprint density at radius 3 is 1.67 bits per heavy atom. The summed E-state index contributed by atoms with van der Waals surface area (Å²) in [5.41, 5.74) is 0. The van der Waals surface area contributed by atoms with Crippen LogP contribution in [0.2, 0.25) is 0 Å². The van der Waals surface area contributed by atoms with Crippen LogP contribution >= 0.6 is 0 Å². The lowest BCUT2D eigenvalue weighted by Crippen LogP contribution is -2.54. The second kappa shape index (κ2) is 3.85. The molecular formula is C7H19N2+. The zero-order valence-corrected chi connectivity index (χ0v) is 6.85. The molecular weight excluding hydrogens is 112 g/mol. The Balaban J connectivity index is 3.62. The van der Waals surface area contributed by atoms with Crippen molar-refractivity contribution < 1.29 is 4.59 Å². The van der Waals surface area contributed by atoms with Crippen molar-refractivity contribution in [2.45, 2.75) is 27.2 Å². The van der Waals surface area contributed by atoms with Gasteiger partial charge in [0.1, 0.15) is 0 Å². The van der Waals surface area contributed by atoms with Crippen molar-refractivity contribution in [3.8, 4) is 0 Å². The minimum atomic E-state index is 0.733. The van der Waals surface area contributed by atoms with E-state index < -0.39 is 0 Å². The molecule has 0 aliphatic heterocycles.